The van der Waals surface area contributed by atoms with Crippen molar-refractivity contribution >= 4 is 22.9 Å². The van der Waals surface area contributed by atoms with Gasteiger partial charge in [-0.3, -0.25) is 4.90 Å². The largest absolute Gasteiger partial charge is 0.504 e. The molecule has 1 aliphatic heterocycles. The van der Waals surface area contributed by atoms with E-state index in [0.29, 0.717) is 35.1 Å². The Hall–Kier alpha value is -3.33. The standard InChI is InChI=1S/C22H24N4O4S/c1-4-5-10-26-13(2)18(21-24-20(25-30-21)17-7-6-11-31-17)19(23-22(26)28)14-8-9-16(29-3)15(27)12-14/h6-9,11-12,19,27H,4-5,10H2,1-3H3,(H,23,28). The highest BCUT2D eigenvalue weighted by Gasteiger charge is 2.35. The van der Waals surface area contributed by atoms with Gasteiger partial charge in [-0.15, -0.1) is 11.3 Å². The van der Waals surface area contributed by atoms with Crippen molar-refractivity contribution in [1.29, 1.82) is 0 Å². The van der Waals surface area contributed by atoms with E-state index in [-0.39, 0.29) is 11.8 Å². The minimum Gasteiger partial charge on any atom is -0.504 e. The van der Waals surface area contributed by atoms with Crippen LogP contribution in [0.5, 0.6) is 11.5 Å². The van der Waals surface area contributed by atoms with Crippen LogP contribution < -0.4 is 10.1 Å². The number of ether oxygens (including phenoxy) is 1. The van der Waals surface area contributed by atoms with Crippen LogP contribution in [0, 0.1) is 0 Å². The van der Waals surface area contributed by atoms with Crippen LogP contribution in [0.1, 0.15) is 44.2 Å². The second-order valence-electron chi connectivity index (χ2n) is 7.22. The predicted octanol–water partition coefficient (Wildman–Crippen LogP) is 4.81. The molecule has 0 radical (unpaired) electrons. The van der Waals surface area contributed by atoms with Crippen molar-refractivity contribution in [2.45, 2.75) is 32.7 Å². The topological polar surface area (TPSA) is 101 Å². The first-order valence-electron chi connectivity index (χ1n) is 10.1. The van der Waals surface area contributed by atoms with Crippen molar-refractivity contribution in [3.8, 4) is 22.2 Å². The fourth-order valence-electron chi connectivity index (χ4n) is 3.62. The quantitative estimate of drug-likeness (QED) is 0.547. The SMILES string of the molecule is CCCCN1C(=O)NC(c2ccc(OC)c(O)c2)C(c2nc(-c3cccs3)no2)=C1C. The lowest BCUT2D eigenvalue weighted by molar-refractivity contribution is 0.204. The van der Waals surface area contributed by atoms with E-state index in [1.807, 2.05) is 24.4 Å². The number of amides is 2. The number of hydrogen-bond donors (Lipinski definition) is 2. The minimum absolute atomic E-state index is 0.00975. The molecule has 1 atom stereocenters. The zero-order valence-electron chi connectivity index (χ0n) is 17.6. The zero-order chi connectivity index (χ0) is 22.0. The number of hydrogen-bond acceptors (Lipinski definition) is 7. The Bertz CT molecular complexity index is 1110. The molecule has 0 saturated carbocycles. The van der Waals surface area contributed by atoms with Crippen molar-refractivity contribution in [3.63, 3.8) is 0 Å². The maximum Gasteiger partial charge on any atom is 0.322 e. The van der Waals surface area contributed by atoms with Crippen LogP contribution in [0.2, 0.25) is 0 Å². The molecule has 2 amide bonds. The lowest BCUT2D eigenvalue weighted by atomic mass is 9.94. The number of nitrogens with zero attached hydrogens (tertiary/aromatic N) is 3. The second-order valence-corrected chi connectivity index (χ2v) is 8.17. The van der Waals surface area contributed by atoms with Gasteiger partial charge < -0.3 is 19.7 Å². The van der Waals surface area contributed by atoms with Crippen LogP contribution in [0.25, 0.3) is 16.3 Å². The molecule has 9 heteroatoms. The molecule has 2 aromatic heterocycles. The first-order valence-corrected chi connectivity index (χ1v) is 10.9. The molecule has 0 bridgehead atoms. The maximum atomic E-state index is 12.9. The number of thiophene rings is 1. The maximum absolute atomic E-state index is 12.9. The lowest BCUT2D eigenvalue weighted by Crippen LogP contribution is -2.46. The highest BCUT2D eigenvalue weighted by Crippen LogP contribution is 2.40. The molecule has 3 heterocycles. The number of benzene rings is 1. The summed E-state index contributed by atoms with van der Waals surface area (Å²) in [5, 5.41) is 19.4. The van der Waals surface area contributed by atoms with Crippen LogP contribution in [-0.2, 0) is 0 Å². The van der Waals surface area contributed by atoms with Crippen LogP contribution >= 0.6 is 11.3 Å². The Morgan fingerprint density at radius 2 is 2.19 bits per heavy atom. The molecule has 8 nitrogen and oxygen atoms in total. The fraction of sp³-hybridized carbons (Fsp3) is 0.318. The summed E-state index contributed by atoms with van der Waals surface area (Å²) < 4.78 is 10.8. The number of nitrogens with one attached hydrogen (secondary N) is 1. The highest BCUT2D eigenvalue weighted by molar-refractivity contribution is 7.13. The van der Waals surface area contributed by atoms with E-state index < -0.39 is 6.04 Å². The molecule has 0 fully saturated rings. The average molecular weight is 441 g/mol. The van der Waals surface area contributed by atoms with E-state index >= 15 is 0 Å². The Labute approximate surface area is 184 Å². The molecule has 1 unspecified atom stereocenters. The van der Waals surface area contributed by atoms with Gasteiger partial charge in [-0.25, -0.2) is 4.79 Å². The van der Waals surface area contributed by atoms with E-state index in [0.717, 1.165) is 23.4 Å². The van der Waals surface area contributed by atoms with Gasteiger partial charge in [-0.2, -0.15) is 4.98 Å². The molecular formula is C22H24N4O4S. The van der Waals surface area contributed by atoms with Crippen LogP contribution in [0.3, 0.4) is 0 Å². The van der Waals surface area contributed by atoms with Gasteiger partial charge in [0.15, 0.2) is 11.5 Å². The van der Waals surface area contributed by atoms with Gasteiger partial charge in [0.05, 0.1) is 23.6 Å². The number of allylic oxidation sites excluding steroid dienone is 1. The summed E-state index contributed by atoms with van der Waals surface area (Å²) in [6, 6.07) is 8.14. The third kappa shape index (κ3) is 4.00. The van der Waals surface area contributed by atoms with Crippen LogP contribution in [0.4, 0.5) is 4.79 Å². The summed E-state index contributed by atoms with van der Waals surface area (Å²) in [7, 11) is 1.49. The number of aromatic hydroxyl groups is 1. The van der Waals surface area contributed by atoms with Crippen molar-refractivity contribution in [2.24, 2.45) is 0 Å². The lowest BCUT2D eigenvalue weighted by Gasteiger charge is -2.35. The first kappa shape index (κ1) is 20.9. The molecule has 0 aliphatic carbocycles. The van der Waals surface area contributed by atoms with Crippen molar-refractivity contribution in [2.75, 3.05) is 13.7 Å². The van der Waals surface area contributed by atoms with Gasteiger partial charge in [-0.1, -0.05) is 30.6 Å². The average Bonchev–Trinajstić information content (AvgIpc) is 3.45. The van der Waals surface area contributed by atoms with E-state index in [9.17, 15) is 9.90 Å². The zero-order valence-corrected chi connectivity index (χ0v) is 18.4. The number of carbonyl (C=O) groups is 1. The highest BCUT2D eigenvalue weighted by atomic mass is 32.1. The number of methoxy groups -OCH3 is 1. The third-order valence-electron chi connectivity index (χ3n) is 5.27. The molecule has 3 aromatic rings. The normalized spacial score (nSPS) is 16.5. The Morgan fingerprint density at radius 1 is 1.35 bits per heavy atom. The molecule has 1 aromatic carbocycles. The van der Waals surface area contributed by atoms with Gasteiger partial charge in [0, 0.05) is 12.2 Å². The summed E-state index contributed by atoms with van der Waals surface area (Å²) in [6.07, 6.45) is 1.83. The second kappa shape index (κ2) is 8.81. The number of aromatic nitrogens is 2. The Balaban J connectivity index is 1.80. The van der Waals surface area contributed by atoms with E-state index in [4.69, 9.17) is 9.26 Å². The fourth-order valence-corrected chi connectivity index (χ4v) is 4.27. The number of rotatable bonds is 7. The summed E-state index contributed by atoms with van der Waals surface area (Å²) in [5.41, 5.74) is 2.14. The summed E-state index contributed by atoms with van der Waals surface area (Å²) in [4.78, 5) is 20.1. The van der Waals surface area contributed by atoms with Crippen molar-refractivity contribution < 1.29 is 19.2 Å². The summed E-state index contributed by atoms with van der Waals surface area (Å²) >= 11 is 1.52. The number of phenolic OH excluding ortho intramolecular Hbond substituents is 1. The molecule has 1 aliphatic rings. The molecular weight excluding hydrogens is 416 g/mol. The monoisotopic (exact) mass is 440 g/mol. The van der Waals surface area contributed by atoms with Crippen LogP contribution in [-0.4, -0.2) is 39.8 Å². The molecule has 4 rings (SSSR count). The van der Waals surface area contributed by atoms with Crippen LogP contribution in [0.15, 0.2) is 45.9 Å². The minimum atomic E-state index is -0.557. The van der Waals surface area contributed by atoms with Crippen molar-refractivity contribution in [3.05, 3.63) is 52.9 Å². The van der Waals surface area contributed by atoms with Crippen molar-refractivity contribution in [1.82, 2.24) is 20.4 Å². The molecule has 0 saturated heterocycles. The van der Waals surface area contributed by atoms with Gasteiger partial charge in [0.1, 0.15) is 0 Å². The smallest absolute Gasteiger partial charge is 0.322 e. The number of unbranched alkanes of at least 4 members (excludes halogenated alkanes) is 1. The predicted molar refractivity (Wildman–Crippen MR) is 118 cm³/mol. The van der Waals surface area contributed by atoms with E-state index in [2.05, 4.69) is 22.4 Å². The summed E-state index contributed by atoms with van der Waals surface area (Å²) in [6.45, 7) is 4.55. The van der Waals surface area contributed by atoms with Gasteiger partial charge in [0.25, 0.3) is 5.89 Å². The molecule has 0 spiro atoms. The van der Waals surface area contributed by atoms with E-state index in [1.54, 1.807) is 23.1 Å². The number of carbonyl (C=O) groups excluding carboxylic acids is 1. The van der Waals surface area contributed by atoms with Gasteiger partial charge >= 0.3 is 6.03 Å². The van der Waals surface area contributed by atoms with Gasteiger partial charge in [-0.05, 0) is 42.5 Å². The molecule has 2 N–H and O–H groups in total. The number of phenols is 1. The third-order valence-corrected chi connectivity index (χ3v) is 6.13. The summed E-state index contributed by atoms with van der Waals surface area (Å²) in [5.74, 6) is 1.18. The van der Waals surface area contributed by atoms with Gasteiger partial charge in [0.2, 0.25) is 5.82 Å². The molecule has 31 heavy (non-hydrogen) atoms. The number of urea groups is 1. The Kier molecular flexibility index (Phi) is 5.94. The Morgan fingerprint density at radius 3 is 2.87 bits per heavy atom. The van der Waals surface area contributed by atoms with E-state index in [1.165, 1.54) is 18.4 Å². The first-order chi connectivity index (χ1) is 15.0. The molecule has 162 valence electrons.